The molecule has 0 aliphatic carbocycles. The van der Waals surface area contributed by atoms with Crippen molar-refractivity contribution in [1.82, 2.24) is 29.6 Å². The van der Waals surface area contributed by atoms with Crippen molar-refractivity contribution in [3.8, 4) is 21.4 Å². The number of nitrogens with zero attached hydrogens (tertiary/aromatic N) is 6. The molecule has 4 heterocycles. The van der Waals surface area contributed by atoms with E-state index in [0.29, 0.717) is 0 Å². The van der Waals surface area contributed by atoms with Crippen LogP contribution in [0.5, 0.6) is 0 Å². The highest BCUT2D eigenvalue weighted by Crippen LogP contribution is 2.31. The third-order valence-electron chi connectivity index (χ3n) is 3.60. The second-order valence-corrected chi connectivity index (χ2v) is 8.29. The van der Waals surface area contributed by atoms with E-state index in [9.17, 15) is 0 Å². The molecule has 0 aliphatic rings. The van der Waals surface area contributed by atoms with Gasteiger partial charge >= 0.3 is 0 Å². The minimum atomic E-state index is 0.0110. The molecule has 0 spiro atoms. The molecule has 6 nitrogen and oxygen atoms in total. The SMILES string of the molecule is Cn1nc(C(C)(C)C)cc1-c1nn2c(-c3cccs3)nnc2s1. The number of aryl methyl sites for hydroxylation is 1. The minimum Gasteiger partial charge on any atom is -0.265 e. The van der Waals surface area contributed by atoms with E-state index in [0.717, 1.165) is 32.1 Å². The van der Waals surface area contributed by atoms with Crippen LogP contribution in [0.15, 0.2) is 23.6 Å². The molecular weight excluding hydrogens is 328 g/mol. The molecule has 0 aliphatic heterocycles. The lowest BCUT2D eigenvalue weighted by Crippen LogP contribution is -2.12. The molecule has 0 amide bonds. The lowest BCUT2D eigenvalue weighted by Gasteiger charge is -2.13. The maximum atomic E-state index is 4.71. The molecule has 4 aromatic heterocycles. The van der Waals surface area contributed by atoms with Gasteiger partial charge in [0.2, 0.25) is 4.96 Å². The maximum absolute atomic E-state index is 4.71. The van der Waals surface area contributed by atoms with Gasteiger partial charge in [0.15, 0.2) is 10.8 Å². The number of hydrogen-bond acceptors (Lipinski definition) is 6. The fraction of sp³-hybridized carbons (Fsp3) is 0.333. The van der Waals surface area contributed by atoms with Gasteiger partial charge in [-0.25, -0.2) is 0 Å². The highest BCUT2D eigenvalue weighted by atomic mass is 32.1. The largest absolute Gasteiger partial charge is 0.265 e. The van der Waals surface area contributed by atoms with Gasteiger partial charge in [0, 0.05) is 12.5 Å². The van der Waals surface area contributed by atoms with Crippen molar-refractivity contribution >= 4 is 27.6 Å². The van der Waals surface area contributed by atoms with Gasteiger partial charge in [-0.1, -0.05) is 38.2 Å². The lowest BCUT2D eigenvalue weighted by atomic mass is 9.92. The van der Waals surface area contributed by atoms with Crippen molar-refractivity contribution in [1.29, 1.82) is 0 Å². The van der Waals surface area contributed by atoms with Crippen molar-refractivity contribution in [2.45, 2.75) is 26.2 Å². The number of hydrogen-bond donors (Lipinski definition) is 0. The predicted octanol–water partition coefficient (Wildman–Crippen LogP) is 3.61. The highest BCUT2D eigenvalue weighted by molar-refractivity contribution is 7.19. The Balaban J connectivity index is 1.83. The Bertz CT molecular complexity index is 968. The summed E-state index contributed by atoms with van der Waals surface area (Å²) in [5.74, 6) is 0.788. The summed E-state index contributed by atoms with van der Waals surface area (Å²) in [6, 6.07) is 6.14. The molecule has 0 fully saturated rings. The Kier molecular flexibility index (Phi) is 3.14. The Morgan fingerprint density at radius 2 is 1.96 bits per heavy atom. The van der Waals surface area contributed by atoms with Crippen molar-refractivity contribution in [3.63, 3.8) is 0 Å². The summed E-state index contributed by atoms with van der Waals surface area (Å²) in [4.78, 5) is 1.86. The Labute approximate surface area is 141 Å². The second-order valence-electron chi connectivity index (χ2n) is 6.39. The number of aromatic nitrogens is 6. The first-order valence-electron chi connectivity index (χ1n) is 7.24. The summed E-state index contributed by atoms with van der Waals surface area (Å²) in [5, 5.41) is 20.8. The molecule has 0 unspecified atom stereocenters. The minimum absolute atomic E-state index is 0.0110. The fourth-order valence-electron chi connectivity index (χ4n) is 2.31. The van der Waals surface area contributed by atoms with Gasteiger partial charge < -0.3 is 0 Å². The quantitative estimate of drug-likeness (QED) is 0.557. The molecule has 23 heavy (non-hydrogen) atoms. The van der Waals surface area contributed by atoms with Gasteiger partial charge in [-0.15, -0.1) is 21.5 Å². The first-order valence-corrected chi connectivity index (χ1v) is 8.94. The first-order chi connectivity index (χ1) is 10.9. The van der Waals surface area contributed by atoms with Crippen LogP contribution in [0, 0.1) is 0 Å². The summed E-state index contributed by atoms with van der Waals surface area (Å²) in [6.45, 7) is 6.48. The van der Waals surface area contributed by atoms with Gasteiger partial charge in [-0.3, -0.25) is 4.68 Å². The van der Waals surface area contributed by atoms with Crippen LogP contribution < -0.4 is 0 Å². The zero-order chi connectivity index (χ0) is 16.2. The van der Waals surface area contributed by atoms with Crippen molar-refractivity contribution in [2.24, 2.45) is 7.05 Å². The smallest absolute Gasteiger partial charge is 0.235 e. The molecule has 0 radical (unpaired) electrons. The molecule has 8 heteroatoms. The van der Waals surface area contributed by atoms with Crippen LogP contribution >= 0.6 is 22.7 Å². The average molecular weight is 344 g/mol. The summed E-state index contributed by atoms with van der Waals surface area (Å²) < 4.78 is 3.70. The van der Waals surface area contributed by atoms with Gasteiger partial charge in [0.1, 0.15) is 0 Å². The molecule has 4 rings (SSSR count). The normalized spacial score (nSPS) is 12.3. The van der Waals surface area contributed by atoms with E-state index in [4.69, 9.17) is 5.10 Å². The maximum Gasteiger partial charge on any atom is 0.235 e. The third-order valence-corrected chi connectivity index (χ3v) is 5.39. The van der Waals surface area contributed by atoms with Crippen molar-refractivity contribution in [2.75, 3.05) is 0 Å². The second kappa shape index (κ2) is 4.97. The van der Waals surface area contributed by atoms with E-state index in [2.05, 4.69) is 42.1 Å². The standard InChI is InChI=1S/C15H16N6S2/c1-15(2,3)11-8-9(20(4)18-11)13-19-21-12(10-6-5-7-22-10)16-17-14(21)23-13/h5-8H,1-4H3. The van der Waals surface area contributed by atoms with Gasteiger partial charge in [-0.2, -0.15) is 14.7 Å². The summed E-state index contributed by atoms with van der Waals surface area (Å²) in [7, 11) is 1.95. The lowest BCUT2D eigenvalue weighted by molar-refractivity contribution is 0.553. The molecule has 0 atom stereocenters. The summed E-state index contributed by atoms with van der Waals surface area (Å²) >= 11 is 3.16. The molecule has 4 aromatic rings. The van der Waals surface area contributed by atoms with Crippen LogP contribution in [0.3, 0.4) is 0 Å². The number of rotatable bonds is 2. The Hall–Kier alpha value is -2.06. The molecule has 0 N–H and O–H groups in total. The topological polar surface area (TPSA) is 60.9 Å². The van der Waals surface area contributed by atoms with Crippen molar-refractivity contribution < 1.29 is 0 Å². The average Bonchev–Trinajstić information content (AvgIpc) is 3.19. The van der Waals surface area contributed by atoms with Crippen LogP contribution in [0.2, 0.25) is 0 Å². The molecule has 0 bridgehead atoms. The number of thiophene rings is 1. The number of fused-ring (bicyclic) bond motifs is 1. The Morgan fingerprint density at radius 3 is 2.61 bits per heavy atom. The van der Waals surface area contributed by atoms with Crippen LogP contribution in [0.4, 0.5) is 0 Å². The molecule has 0 aromatic carbocycles. The van der Waals surface area contributed by atoms with Gasteiger partial charge in [-0.05, 0) is 17.5 Å². The Morgan fingerprint density at radius 1 is 1.13 bits per heavy atom. The third kappa shape index (κ3) is 2.38. The van der Waals surface area contributed by atoms with Crippen LogP contribution in [0.25, 0.3) is 26.4 Å². The van der Waals surface area contributed by atoms with Crippen LogP contribution in [-0.2, 0) is 12.5 Å². The zero-order valence-electron chi connectivity index (χ0n) is 13.3. The van der Waals surface area contributed by atoms with E-state index in [-0.39, 0.29) is 5.41 Å². The highest BCUT2D eigenvalue weighted by Gasteiger charge is 2.22. The molecule has 0 saturated heterocycles. The van der Waals surface area contributed by atoms with E-state index in [1.165, 1.54) is 11.3 Å². The van der Waals surface area contributed by atoms with Gasteiger partial charge in [0.05, 0.1) is 16.3 Å². The summed E-state index contributed by atoms with van der Waals surface area (Å²) in [6.07, 6.45) is 0. The van der Waals surface area contributed by atoms with E-state index < -0.39 is 0 Å². The van der Waals surface area contributed by atoms with Crippen LogP contribution in [-0.4, -0.2) is 29.6 Å². The fourth-order valence-corrected chi connectivity index (χ4v) is 3.89. The molecule has 0 saturated carbocycles. The van der Waals surface area contributed by atoms with Crippen molar-refractivity contribution in [3.05, 3.63) is 29.3 Å². The zero-order valence-corrected chi connectivity index (χ0v) is 14.9. The predicted molar refractivity (Wildman–Crippen MR) is 92.9 cm³/mol. The van der Waals surface area contributed by atoms with E-state index in [1.54, 1.807) is 11.3 Å². The van der Waals surface area contributed by atoms with E-state index in [1.807, 2.05) is 33.8 Å². The molecule has 118 valence electrons. The van der Waals surface area contributed by atoms with E-state index >= 15 is 0 Å². The molecular formula is C15H16N6S2. The summed E-state index contributed by atoms with van der Waals surface area (Å²) in [5.41, 5.74) is 2.07. The van der Waals surface area contributed by atoms with Gasteiger partial charge in [0.25, 0.3) is 0 Å². The van der Waals surface area contributed by atoms with Crippen LogP contribution in [0.1, 0.15) is 26.5 Å². The monoisotopic (exact) mass is 344 g/mol. The first kappa shape index (κ1) is 14.5.